The second-order valence-electron chi connectivity index (χ2n) is 5.57. The molecule has 1 aliphatic rings. The summed E-state index contributed by atoms with van der Waals surface area (Å²) in [7, 11) is 0. The third-order valence-electron chi connectivity index (χ3n) is 3.88. The number of halogens is 1. The van der Waals surface area contributed by atoms with E-state index in [-0.39, 0.29) is 12.5 Å². The van der Waals surface area contributed by atoms with Crippen molar-refractivity contribution in [3.05, 3.63) is 34.9 Å². The van der Waals surface area contributed by atoms with Crippen LogP contribution in [0.4, 0.5) is 4.79 Å². The maximum absolute atomic E-state index is 12.1. The predicted molar refractivity (Wildman–Crippen MR) is 85.0 cm³/mol. The minimum atomic E-state index is -0.881. The van der Waals surface area contributed by atoms with Crippen LogP contribution in [-0.2, 0) is 11.3 Å². The largest absolute Gasteiger partial charge is 0.333 e. The van der Waals surface area contributed by atoms with E-state index in [0.717, 1.165) is 24.8 Å². The summed E-state index contributed by atoms with van der Waals surface area (Å²) in [5.74, 6) is -0.347. The van der Waals surface area contributed by atoms with Crippen molar-refractivity contribution in [3.8, 4) is 0 Å². The summed E-state index contributed by atoms with van der Waals surface area (Å²) in [5, 5.41) is 3.20. The van der Waals surface area contributed by atoms with Crippen molar-refractivity contribution in [2.24, 2.45) is 5.73 Å². The van der Waals surface area contributed by atoms with E-state index in [1.165, 1.54) is 0 Å². The monoisotopic (exact) mass is 324 g/mol. The molecule has 1 aliphatic carbocycles. The zero-order valence-corrected chi connectivity index (χ0v) is 13.1. The molecule has 0 aromatic heterocycles. The van der Waals surface area contributed by atoms with Crippen molar-refractivity contribution < 1.29 is 9.59 Å². The molecule has 1 aromatic rings. The maximum atomic E-state index is 12.1. The minimum absolute atomic E-state index is 0.273. The van der Waals surface area contributed by atoms with Crippen molar-refractivity contribution in [1.29, 1.82) is 0 Å². The number of benzene rings is 1. The summed E-state index contributed by atoms with van der Waals surface area (Å²) >= 11 is 6.00. The summed E-state index contributed by atoms with van der Waals surface area (Å²) in [5.41, 5.74) is 10.7. The molecule has 0 radical (unpaired) electrons. The van der Waals surface area contributed by atoms with Gasteiger partial charge in [0.15, 0.2) is 0 Å². The zero-order valence-electron chi connectivity index (χ0n) is 12.3. The van der Waals surface area contributed by atoms with Crippen LogP contribution in [-0.4, -0.2) is 17.5 Å². The maximum Gasteiger partial charge on any atom is 0.333 e. The Morgan fingerprint density at radius 2 is 1.82 bits per heavy atom. The standard InChI is InChI=1S/C15H21ClN4O2/c16-12-7-3-2-6-11(12)10-18-14(22)20-19-13(21)15(17)8-4-1-5-9-15/h2-3,6-7H,1,4-5,8-10,17H2,(H,19,21)(H2,18,20,22). The smallest absolute Gasteiger partial charge is 0.333 e. The van der Waals surface area contributed by atoms with Gasteiger partial charge < -0.3 is 11.1 Å². The van der Waals surface area contributed by atoms with Gasteiger partial charge in [0.2, 0.25) is 0 Å². The fourth-order valence-electron chi connectivity index (χ4n) is 2.51. The highest BCUT2D eigenvalue weighted by molar-refractivity contribution is 6.31. The van der Waals surface area contributed by atoms with E-state index in [2.05, 4.69) is 16.2 Å². The Bertz CT molecular complexity index is 544. The van der Waals surface area contributed by atoms with Crippen LogP contribution in [0.5, 0.6) is 0 Å². The highest BCUT2D eigenvalue weighted by Gasteiger charge is 2.35. The van der Waals surface area contributed by atoms with Crippen molar-refractivity contribution in [3.63, 3.8) is 0 Å². The Hall–Kier alpha value is -1.79. The van der Waals surface area contributed by atoms with Crippen LogP contribution in [0.15, 0.2) is 24.3 Å². The van der Waals surface area contributed by atoms with E-state index >= 15 is 0 Å². The molecule has 22 heavy (non-hydrogen) atoms. The highest BCUT2D eigenvalue weighted by Crippen LogP contribution is 2.25. The van der Waals surface area contributed by atoms with E-state index in [4.69, 9.17) is 17.3 Å². The summed E-state index contributed by atoms with van der Waals surface area (Å²) in [4.78, 5) is 23.8. The molecule has 120 valence electrons. The molecule has 0 atom stereocenters. The number of carbonyl (C=O) groups is 2. The molecule has 6 nitrogen and oxygen atoms in total. The van der Waals surface area contributed by atoms with Gasteiger partial charge in [0, 0.05) is 11.6 Å². The Kier molecular flexibility index (Phi) is 5.63. The molecule has 7 heteroatoms. The lowest BCUT2D eigenvalue weighted by Gasteiger charge is -2.31. The van der Waals surface area contributed by atoms with Gasteiger partial charge in [-0.15, -0.1) is 0 Å². The van der Waals surface area contributed by atoms with Gasteiger partial charge in [0.25, 0.3) is 5.91 Å². The molecule has 5 N–H and O–H groups in total. The van der Waals surface area contributed by atoms with Gasteiger partial charge in [-0.2, -0.15) is 0 Å². The molecule has 1 fully saturated rings. The van der Waals surface area contributed by atoms with E-state index in [0.29, 0.717) is 17.9 Å². The second kappa shape index (κ2) is 7.47. The predicted octanol–water partition coefficient (Wildman–Crippen LogP) is 1.83. The SMILES string of the molecule is NC1(C(=O)NNC(=O)NCc2ccccc2Cl)CCCCC1. The molecule has 0 aliphatic heterocycles. The summed E-state index contributed by atoms with van der Waals surface area (Å²) < 4.78 is 0. The average Bonchev–Trinajstić information content (AvgIpc) is 2.52. The molecule has 0 saturated heterocycles. The number of amides is 3. The van der Waals surface area contributed by atoms with Crippen LogP contribution in [0, 0.1) is 0 Å². The van der Waals surface area contributed by atoms with E-state index < -0.39 is 11.6 Å². The molecule has 1 aromatic carbocycles. The second-order valence-corrected chi connectivity index (χ2v) is 5.98. The zero-order chi connectivity index (χ0) is 16.0. The van der Waals surface area contributed by atoms with E-state index in [1.807, 2.05) is 18.2 Å². The van der Waals surface area contributed by atoms with Gasteiger partial charge in [-0.1, -0.05) is 49.1 Å². The molecular weight excluding hydrogens is 304 g/mol. The normalized spacial score (nSPS) is 16.6. The van der Waals surface area contributed by atoms with Crippen molar-refractivity contribution in [2.75, 3.05) is 0 Å². The van der Waals surface area contributed by atoms with Crippen LogP contribution in [0.25, 0.3) is 0 Å². The Morgan fingerprint density at radius 3 is 2.50 bits per heavy atom. The van der Waals surface area contributed by atoms with E-state index in [1.54, 1.807) is 6.07 Å². The number of carbonyl (C=O) groups excluding carboxylic acids is 2. The van der Waals surface area contributed by atoms with Crippen molar-refractivity contribution in [1.82, 2.24) is 16.2 Å². The fourth-order valence-corrected chi connectivity index (χ4v) is 2.71. The summed E-state index contributed by atoms with van der Waals surface area (Å²) in [6, 6.07) is 6.71. The molecule has 2 rings (SSSR count). The Balaban J connectivity index is 1.75. The van der Waals surface area contributed by atoms with Crippen molar-refractivity contribution >= 4 is 23.5 Å². The average molecular weight is 325 g/mol. The molecule has 3 amide bonds. The van der Waals surface area contributed by atoms with Gasteiger partial charge in [0.05, 0.1) is 5.54 Å². The third-order valence-corrected chi connectivity index (χ3v) is 4.25. The summed E-state index contributed by atoms with van der Waals surface area (Å²) in [6.07, 6.45) is 4.24. The number of rotatable bonds is 3. The van der Waals surface area contributed by atoms with Gasteiger partial charge in [-0.25, -0.2) is 10.2 Å². The molecule has 0 unspecified atom stereocenters. The third kappa shape index (κ3) is 4.35. The number of hydrogen-bond donors (Lipinski definition) is 4. The summed E-state index contributed by atoms with van der Waals surface area (Å²) in [6.45, 7) is 0.273. The van der Waals surface area contributed by atoms with Gasteiger partial charge in [-0.3, -0.25) is 10.2 Å². The quantitative estimate of drug-likeness (QED) is 0.639. The lowest BCUT2D eigenvalue weighted by Crippen LogP contribution is -2.59. The Morgan fingerprint density at radius 1 is 1.14 bits per heavy atom. The molecule has 1 saturated carbocycles. The van der Waals surface area contributed by atoms with E-state index in [9.17, 15) is 9.59 Å². The first kappa shape index (κ1) is 16.6. The molecule has 0 heterocycles. The Labute approximate surface area is 134 Å². The first-order valence-electron chi connectivity index (χ1n) is 7.38. The van der Waals surface area contributed by atoms with Crippen LogP contribution < -0.4 is 21.9 Å². The first-order chi connectivity index (χ1) is 10.5. The number of nitrogens with one attached hydrogen (secondary N) is 3. The lowest BCUT2D eigenvalue weighted by atomic mass is 9.82. The highest BCUT2D eigenvalue weighted by atomic mass is 35.5. The molecule has 0 bridgehead atoms. The number of urea groups is 1. The van der Waals surface area contributed by atoms with Crippen LogP contribution >= 0.6 is 11.6 Å². The topological polar surface area (TPSA) is 96.2 Å². The number of hydrazine groups is 1. The van der Waals surface area contributed by atoms with Crippen molar-refractivity contribution in [2.45, 2.75) is 44.2 Å². The minimum Gasteiger partial charge on any atom is -0.333 e. The molecular formula is C15H21ClN4O2. The fraction of sp³-hybridized carbons (Fsp3) is 0.467. The lowest BCUT2D eigenvalue weighted by molar-refractivity contribution is -0.128. The van der Waals surface area contributed by atoms with Crippen LogP contribution in [0.3, 0.4) is 0 Å². The molecule has 0 spiro atoms. The number of nitrogens with two attached hydrogens (primary N) is 1. The number of hydrogen-bond acceptors (Lipinski definition) is 3. The van der Waals surface area contributed by atoms with Gasteiger partial charge >= 0.3 is 6.03 Å². The van der Waals surface area contributed by atoms with Crippen LogP contribution in [0.1, 0.15) is 37.7 Å². The van der Waals surface area contributed by atoms with Gasteiger partial charge in [-0.05, 0) is 24.5 Å². The van der Waals surface area contributed by atoms with Crippen LogP contribution in [0.2, 0.25) is 5.02 Å². The van der Waals surface area contributed by atoms with Gasteiger partial charge in [0.1, 0.15) is 0 Å². The first-order valence-corrected chi connectivity index (χ1v) is 7.76.